The van der Waals surface area contributed by atoms with Crippen LogP contribution < -0.4 is 5.43 Å². The number of halogens is 2. The standard InChI is InChI=1S/C28H37F2N7O3/c1-21(17-33-35(3)4)37-9-8-27(38)26(34-37)15-23-6-5-7-24(14-23)22(2)32-18-25(16-31)40-20-28(29,30)19-36-10-12-39-13-11-36/h5-9,16-18,24,31H,1,10-15,19-20H2,2-4H3/b25-18+,31-16?,32-22?,33-17-. The minimum absolute atomic E-state index is 0.0522. The molecule has 1 unspecified atom stereocenters. The van der Waals surface area contributed by atoms with Gasteiger partial charge in [-0.05, 0) is 13.3 Å². The van der Waals surface area contributed by atoms with Crippen molar-refractivity contribution in [1.82, 2.24) is 19.7 Å². The van der Waals surface area contributed by atoms with Crippen LogP contribution in [0, 0.1) is 11.3 Å². The van der Waals surface area contributed by atoms with Crippen molar-refractivity contribution >= 4 is 23.8 Å². The monoisotopic (exact) mass is 557 g/mol. The summed E-state index contributed by atoms with van der Waals surface area (Å²) >= 11 is 0. The van der Waals surface area contributed by atoms with Crippen LogP contribution in [0.3, 0.4) is 0 Å². The SMILES string of the molecule is C=C(/C=N\N(C)C)n1ccc(=O)c(CC2=CC=CC(C(C)=N/C=C(\C=N)OCC(F)(F)CN3CCOCC3)C2)n1. The van der Waals surface area contributed by atoms with E-state index in [9.17, 15) is 13.6 Å². The Balaban J connectivity index is 1.60. The van der Waals surface area contributed by atoms with E-state index in [0.29, 0.717) is 50.5 Å². The van der Waals surface area contributed by atoms with Gasteiger partial charge in [0, 0.05) is 57.5 Å². The van der Waals surface area contributed by atoms with Crippen molar-refractivity contribution in [2.75, 3.05) is 53.6 Å². The molecule has 1 aliphatic carbocycles. The number of rotatable bonds is 13. The summed E-state index contributed by atoms with van der Waals surface area (Å²) in [5, 5.41) is 17.8. The van der Waals surface area contributed by atoms with E-state index in [1.165, 1.54) is 16.9 Å². The van der Waals surface area contributed by atoms with Crippen LogP contribution in [-0.2, 0) is 15.9 Å². The molecule has 1 N–H and O–H groups in total. The molecule has 0 radical (unpaired) electrons. The first-order chi connectivity index (χ1) is 19.1. The molecule has 2 aliphatic rings. The fraction of sp³-hybridized carbons (Fsp3) is 0.464. The first-order valence-electron chi connectivity index (χ1n) is 13.0. The first kappa shape index (κ1) is 30.8. The number of aromatic nitrogens is 2. The molecule has 1 saturated heterocycles. The summed E-state index contributed by atoms with van der Waals surface area (Å²) in [6, 6.07) is 1.45. The van der Waals surface area contributed by atoms with Crippen molar-refractivity contribution in [3.8, 4) is 0 Å². The van der Waals surface area contributed by atoms with Gasteiger partial charge >= 0.3 is 0 Å². The van der Waals surface area contributed by atoms with Crippen molar-refractivity contribution in [1.29, 1.82) is 5.41 Å². The van der Waals surface area contributed by atoms with Gasteiger partial charge < -0.3 is 19.9 Å². The molecule has 1 fully saturated rings. The zero-order valence-corrected chi connectivity index (χ0v) is 23.2. The predicted molar refractivity (Wildman–Crippen MR) is 153 cm³/mol. The maximum Gasteiger partial charge on any atom is 0.293 e. The Bertz CT molecular complexity index is 1260. The third-order valence-electron chi connectivity index (χ3n) is 6.25. The number of allylic oxidation sites excluding steroid dienone is 6. The van der Waals surface area contributed by atoms with Crippen molar-refractivity contribution < 1.29 is 18.3 Å². The highest BCUT2D eigenvalue weighted by Crippen LogP contribution is 2.23. The van der Waals surface area contributed by atoms with Crippen molar-refractivity contribution in [3.05, 3.63) is 70.5 Å². The molecule has 2 heterocycles. The maximum atomic E-state index is 14.4. The highest BCUT2D eigenvalue weighted by Gasteiger charge is 2.33. The number of nitrogens with zero attached hydrogens (tertiary/aromatic N) is 6. The Morgan fingerprint density at radius 2 is 2.12 bits per heavy atom. The lowest BCUT2D eigenvalue weighted by atomic mass is 9.89. The fourth-order valence-electron chi connectivity index (χ4n) is 4.05. The largest absolute Gasteiger partial charge is 0.484 e. The number of aliphatic imine (C=N–C) groups is 1. The quantitative estimate of drug-likeness (QED) is 0.227. The summed E-state index contributed by atoms with van der Waals surface area (Å²) in [6.45, 7) is 6.28. The van der Waals surface area contributed by atoms with Crippen molar-refractivity contribution in [2.45, 2.75) is 25.7 Å². The van der Waals surface area contributed by atoms with E-state index in [4.69, 9.17) is 14.9 Å². The second kappa shape index (κ2) is 14.6. The van der Waals surface area contributed by atoms with E-state index >= 15 is 0 Å². The Morgan fingerprint density at radius 3 is 2.83 bits per heavy atom. The van der Waals surface area contributed by atoms with Crippen LogP contribution in [0.1, 0.15) is 19.0 Å². The van der Waals surface area contributed by atoms with Gasteiger partial charge in [0.25, 0.3) is 5.92 Å². The molecule has 40 heavy (non-hydrogen) atoms. The van der Waals surface area contributed by atoms with Crippen molar-refractivity contribution in [2.24, 2.45) is 16.0 Å². The Labute approximate surface area is 233 Å². The summed E-state index contributed by atoms with van der Waals surface area (Å²) in [5.74, 6) is -3.19. The van der Waals surface area contributed by atoms with Crippen LogP contribution in [0.5, 0.6) is 0 Å². The molecule has 1 aromatic heterocycles. The Kier molecular flexibility index (Phi) is 11.2. The van der Waals surface area contributed by atoms with E-state index < -0.39 is 19.1 Å². The normalized spacial score (nSPS) is 19.0. The molecular formula is C28H37F2N7O3. The van der Waals surface area contributed by atoms with Gasteiger partial charge in [-0.15, -0.1) is 0 Å². The summed E-state index contributed by atoms with van der Waals surface area (Å²) in [5.41, 5.74) is 2.44. The molecule has 1 aliphatic heterocycles. The second-order valence-corrected chi connectivity index (χ2v) is 9.83. The smallest absolute Gasteiger partial charge is 0.293 e. The molecule has 1 atom stereocenters. The average Bonchev–Trinajstić information content (AvgIpc) is 2.93. The lowest BCUT2D eigenvalue weighted by molar-refractivity contribution is -0.0916. The lowest BCUT2D eigenvalue weighted by Gasteiger charge is -2.30. The van der Waals surface area contributed by atoms with Gasteiger partial charge in [-0.1, -0.05) is 30.4 Å². The number of hydrogen-bond acceptors (Lipinski definition) is 9. The fourth-order valence-corrected chi connectivity index (χ4v) is 4.05. The number of nitrogens with one attached hydrogen (secondary N) is 1. The third-order valence-corrected chi connectivity index (χ3v) is 6.25. The number of morpholine rings is 1. The molecule has 0 saturated carbocycles. The van der Waals surface area contributed by atoms with E-state index in [2.05, 4.69) is 21.8 Å². The minimum atomic E-state index is -3.07. The van der Waals surface area contributed by atoms with Gasteiger partial charge in [0.1, 0.15) is 5.69 Å². The number of hydrogen-bond donors (Lipinski definition) is 1. The maximum absolute atomic E-state index is 14.4. The van der Waals surface area contributed by atoms with E-state index in [0.717, 1.165) is 17.5 Å². The Hall–Kier alpha value is -3.77. The molecule has 12 heteroatoms. The molecule has 0 aromatic carbocycles. The van der Waals surface area contributed by atoms with Gasteiger partial charge in [-0.2, -0.15) is 10.2 Å². The van der Waals surface area contributed by atoms with Crippen LogP contribution in [0.25, 0.3) is 5.70 Å². The van der Waals surface area contributed by atoms with E-state index in [1.807, 2.05) is 25.2 Å². The zero-order valence-electron chi connectivity index (χ0n) is 23.2. The summed E-state index contributed by atoms with van der Waals surface area (Å²) < 4.78 is 40.7. The molecule has 1 aromatic rings. The van der Waals surface area contributed by atoms with Gasteiger partial charge in [-0.25, -0.2) is 13.5 Å². The lowest BCUT2D eigenvalue weighted by Crippen LogP contribution is -2.45. The number of hydrazone groups is 1. The molecule has 10 nitrogen and oxygen atoms in total. The average molecular weight is 558 g/mol. The van der Waals surface area contributed by atoms with E-state index in [-0.39, 0.29) is 17.1 Å². The molecule has 3 rings (SSSR count). The molecule has 0 bridgehead atoms. The molecular weight excluding hydrogens is 520 g/mol. The van der Waals surface area contributed by atoms with Crippen LogP contribution in [-0.4, -0.2) is 97.3 Å². The van der Waals surface area contributed by atoms with Crippen LogP contribution in [0.4, 0.5) is 8.78 Å². The molecule has 216 valence electrons. The number of ether oxygens (including phenoxy) is 2. The van der Waals surface area contributed by atoms with Crippen LogP contribution in [0.2, 0.25) is 0 Å². The zero-order chi connectivity index (χ0) is 29.1. The van der Waals surface area contributed by atoms with Gasteiger partial charge in [-0.3, -0.25) is 14.7 Å². The van der Waals surface area contributed by atoms with Gasteiger partial charge in [0.2, 0.25) is 5.43 Å². The topological polar surface area (TPSA) is 108 Å². The van der Waals surface area contributed by atoms with Gasteiger partial charge in [0.05, 0.1) is 44.1 Å². The molecule has 0 amide bonds. The summed E-state index contributed by atoms with van der Waals surface area (Å²) in [7, 11) is 3.58. The van der Waals surface area contributed by atoms with Gasteiger partial charge in [0.15, 0.2) is 12.4 Å². The minimum Gasteiger partial charge on any atom is -0.484 e. The highest BCUT2D eigenvalue weighted by atomic mass is 19.3. The summed E-state index contributed by atoms with van der Waals surface area (Å²) in [4.78, 5) is 18.5. The van der Waals surface area contributed by atoms with E-state index in [1.54, 1.807) is 36.4 Å². The second-order valence-electron chi connectivity index (χ2n) is 9.83. The van der Waals surface area contributed by atoms with Crippen LogP contribution >= 0.6 is 0 Å². The highest BCUT2D eigenvalue weighted by molar-refractivity contribution is 6.00. The van der Waals surface area contributed by atoms with Crippen LogP contribution in [0.15, 0.2) is 69.5 Å². The predicted octanol–water partition coefficient (Wildman–Crippen LogP) is 3.24. The third kappa shape index (κ3) is 9.76. The summed E-state index contributed by atoms with van der Waals surface area (Å²) in [6.07, 6.45) is 12.1. The Morgan fingerprint density at radius 1 is 1.38 bits per heavy atom. The number of alkyl halides is 2. The van der Waals surface area contributed by atoms with Crippen molar-refractivity contribution in [3.63, 3.8) is 0 Å². The molecule has 0 spiro atoms. The first-order valence-corrected chi connectivity index (χ1v) is 13.0.